The standard InChI is InChI=1S/C19H25FN6O2.ClH/c1-13-17(24-25-26(13)16-6-10-21-11-7-16)19(28)23-9-3-8-22-18(27)14-4-2-5-15(20)12-14;/h2,4-5,12,16,21H,3,6-11H2,1H3,(H,22,27)(H,23,28);1H. The van der Waals surface area contributed by atoms with Crippen LogP contribution in [0.2, 0.25) is 0 Å². The van der Waals surface area contributed by atoms with Gasteiger partial charge in [0, 0.05) is 18.7 Å². The quantitative estimate of drug-likeness (QED) is 0.586. The molecule has 0 unspecified atom stereocenters. The number of hydrogen-bond acceptors (Lipinski definition) is 5. The Morgan fingerprint density at radius 1 is 1.21 bits per heavy atom. The Labute approximate surface area is 175 Å². The summed E-state index contributed by atoms with van der Waals surface area (Å²) in [5.74, 6) is -1.06. The predicted molar refractivity (Wildman–Crippen MR) is 109 cm³/mol. The SMILES string of the molecule is Cc1c(C(=O)NCCCNC(=O)c2cccc(F)c2)nnn1C1CCNCC1.Cl. The maximum Gasteiger partial charge on any atom is 0.273 e. The van der Waals surface area contributed by atoms with E-state index >= 15 is 0 Å². The van der Waals surface area contributed by atoms with Crippen molar-refractivity contribution in [3.05, 3.63) is 47.0 Å². The van der Waals surface area contributed by atoms with Crippen molar-refractivity contribution in [1.29, 1.82) is 0 Å². The first-order valence-electron chi connectivity index (χ1n) is 9.50. The Bertz CT molecular complexity index is 838. The van der Waals surface area contributed by atoms with Gasteiger partial charge in [-0.1, -0.05) is 11.3 Å². The molecule has 1 fully saturated rings. The van der Waals surface area contributed by atoms with Crippen molar-refractivity contribution in [2.75, 3.05) is 26.2 Å². The number of carbonyl (C=O) groups is 2. The van der Waals surface area contributed by atoms with Crippen molar-refractivity contribution in [3.8, 4) is 0 Å². The van der Waals surface area contributed by atoms with Crippen LogP contribution in [0.5, 0.6) is 0 Å². The second-order valence-electron chi connectivity index (χ2n) is 6.82. The smallest absolute Gasteiger partial charge is 0.273 e. The van der Waals surface area contributed by atoms with Gasteiger partial charge in [0.1, 0.15) is 5.82 Å². The van der Waals surface area contributed by atoms with Crippen molar-refractivity contribution < 1.29 is 14.0 Å². The molecule has 29 heavy (non-hydrogen) atoms. The summed E-state index contributed by atoms with van der Waals surface area (Å²) < 4.78 is 15.0. The van der Waals surface area contributed by atoms with Crippen LogP contribution < -0.4 is 16.0 Å². The number of carbonyl (C=O) groups excluding carboxylic acids is 2. The Morgan fingerprint density at radius 3 is 2.59 bits per heavy atom. The van der Waals surface area contributed by atoms with Gasteiger partial charge in [-0.05, 0) is 57.5 Å². The van der Waals surface area contributed by atoms with E-state index in [4.69, 9.17) is 0 Å². The minimum atomic E-state index is -0.451. The molecular weight excluding hydrogens is 399 g/mol. The fourth-order valence-electron chi connectivity index (χ4n) is 3.26. The number of rotatable bonds is 7. The molecule has 2 aromatic rings. The summed E-state index contributed by atoms with van der Waals surface area (Å²) in [7, 11) is 0. The average molecular weight is 425 g/mol. The molecule has 2 heterocycles. The van der Waals surface area contributed by atoms with Gasteiger partial charge in [-0.15, -0.1) is 17.5 Å². The molecule has 1 aromatic carbocycles. The van der Waals surface area contributed by atoms with Crippen molar-refractivity contribution in [3.63, 3.8) is 0 Å². The third kappa shape index (κ3) is 5.98. The number of piperidine rings is 1. The van der Waals surface area contributed by atoms with Crippen LogP contribution >= 0.6 is 12.4 Å². The molecular formula is C19H26ClFN6O2. The van der Waals surface area contributed by atoms with Crippen LogP contribution in [0.15, 0.2) is 24.3 Å². The lowest BCUT2D eigenvalue weighted by Crippen LogP contribution is -2.31. The first-order valence-corrected chi connectivity index (χ1v) is 9.50. The number of amides is 2. The van der Waals surface area contributed by atoms with Crippen LogP contribution in [0.25, 0.3) is 0 Å². The van der Waals surface area contributed by atoms with Crippen LogP contribution in [0.3, 0.4) is 0 Å². The maximum atomic E-state index is 13.1. The van der Waals surface area contributed by atoms with E-state index in [-0.39, 0.29) is 35.8 Å². The molecule has 3 N–H and O–H groups in total. The fourth-order valence-corrected chi connectivity index (χ4v) is 3.26. The van der Waals surface area contributed by atoms with Gasteiger partial charge in [0.25, 0.3) is 11.8 Å². The molecule has 0 spiro atoms. The molecule has 0 aliphatic carbocycles. The molecule has 0 radical (unpaired) electrons. The van der Waals surface area contributed by atoms with Crippen molar-refractivity contribution in [1.82, 2.24) is 30.9 Å². The number of nitrogens with one attached hydrogen (secondary N) is 3. The molecule has 1 saturated heterocycles. The average Bonchev–Trinajstić information content (AvgIpc) is 3.09. The lowest BCUT2D eigenvalue weighted by atomic mass is 10.1. The zero-order valence-electron chi connectivity index (χ0n) is 16.3. The summed E-state index contributed by atoms with van der Waals surface area (Å²) in [6.45, 7) is 4.49. The summed E-state index contributed by atoms with van der Waals surface area (Å²) >= 11 is 0. The second kappa shape index (κ2) is 10.9. The number of nitrogens with zero attached hydrogens (tertiary/aromatic N) is 3. The minimum absolute atomic E-state index is 0. The van der Waals surface area contributed by atoms with Gasteiger partial charge in [-0.3, -0.25) is 9.59 Å². The van der Waals surface area contributed by atoms with E-state index in [0.717, 1.165) is 31.6 Å². The minimum Gasteiger partial charge on any atom is -0.352 e. The molecule has 8 nitrogen and oxygen atoms in total. The van der Waals surface area contributed by atoms with Crippen LogP contribution in [-0.4, -0.2) is 53.0 Å². The zero-order valence-corrected chi connectivity index (χ0v) is 17.1. The highest BCUT2D eigenvalue weighted by molar-refractivity contribution is 5.94. The largest absolute Gasteiger partial charge is 0.352 e. The molecule has 0 bridgehead atoms. The lowest BCUT2D eigenvalue weighted by molar-refractivity contribution is 0.0947. The highest BCUT2D eigenvalue weighted by Crippen LogP contribution is 2.20. The maximum absolute atomic E-state index is 13.1. The van der Waals surface area contributed by atoms with Crippen LogP contribution in [0.4, 0.5) is 4.39 Å². The molecule has 1 aliphatic rings. The number of benzene rings is 1. The van der Waals surface area contributed by atoms with E-state index in [9.17, 15) is 14.0 Å². The van der Waals surface area contributed by atoms with Gasteiger partial charge in [0.05, 0.1) is 11.7 Å². The van der Waals surface area contributed by atoms with Gasteiger partial charge in [0.15, 0.2) is 5.69 Å². The number of halogens is 2. The van der Waals surface area contributed by atoms with Gasteiger partial charge in [-0.2, -0.15) is 0 Å². The van der Waals surface area contributed by atoms with E-state index in [1.54, 1.807) is 6.07 Å². The molecule has 1 aliphatic heterocycles. The summed E-state index contributed by atoms with van der Waals surface area (Å²) in [5.41, 5.74) is 1.38. The third-order valence-corrected chi connectivity index (χ3v) is 4.81. The summed E-state index contributed by atoms with van der Waals surface area (Å²) in [5, 5.41) is 17.0. The van der Waals surface area contributed by atoms with E-state index in [1.165, 1.54) is 18.2 Å². The van der Waals surface area contributed by atoms with Crippen molar-refractivity contribution >= 4 is 24.2 Å². The third-order valence-electron chi connectivity index (χ3n) is 4.81. The molecule has 0 saturated carbocycles. The van der Waals surface area contributed by atoms with Crippen molar-refractivity contribution in [2.45, 2.75) is 32.2 Å². The van der Waals surface area contributed by atoms with E-state index in [2.05, 4.69) is 26.3 Å². The zero-order chi connectivity index (χ0) is 19.9. The molecule has 10 heteroatoms. The fraction of sp³-hybridized carbons (Fsp3) is 0.474. The Kier molecular flexibility index (Phi) is 8.53. The van der Waals surface area contributed by atoms with Gasteiger partial charge < -0.3 is 16.0 Å². The van der Waals surface area contributed by atoms with Crippen molar-refractivity contribution in [2.24, 2.45) is 0 Å². The second-order valence-corrected chi connectivity index (χ2v) is 6.82. The van der Waals surface area contributed by atoms with Gasteiger partial charge >= 0.3 is 0 Å². The Balaban J connectivity index is 0.00000300. The molecule has 3 rings (SSSR count). The topological polar surface area (TPSA) is 101 Å². The van der Waals surface area contributed by atoms with Gasteiger partial charge in [-0.25, -0.2) is 9.07 Å². The Hall–Kier alpha value is -2.52. The van der Waals surface area contributed by atoms with E-state index < -0.39 is 5.82 Å². The summed E-state index contributed by atoms with van der Waals surface area (Å²) in [6.07, 6.45) is 2.49. The van der Waals surface area contributed by atoms with E-state index in [0.29, 0.717) is 25.2 Å². The molecule has 0 atom stereocenters. The molecule has 2 amide bonds. The monoisotopic (exact) mass is 424 g/mol. The molecule has 1 aromatic heterocycles. The normalized spacial score (nSPS) is 14.1. The summed E-state index contributed by atoms with van der Waals surface area (Å²) in [4.78, 5) is 24.3. The molecule has 158 valence electrons. The van der Waals surface area contributed by atoms with Crippen LogP contribution in [-0.2, 0) is 0 Å². The van der Waals surface area contributed by atoms with Crippen LogP contribution in [0.1, 0.15) is 51.8 Å². The predicted octanol–water partition coefficient (Wildman–Crippen LogP) is 1.62. The first kappa shape index (κ1) is 22.8. The van der Waals surface area contributed by atoms with Gasteiger partial charge in [0.2, 0.25) is 0 Å². The lowest BCUT2D eigenvalue weighted by Gasteiger charge is -2.23. The van der Waals surface area contributed by atoms with E-state index in [1.807, 2.05) is 11.6 Å². The van der Waals surface area contributed by atoms with Crippen LogP contribution in [0, 0.1) is 12.7 Å². The highest BCUT2D eigenvalue weighted by Gasteiger charge is 2.22. The number of hydrogen-bond donors (Lipinski definition) is 3. The summed E-state index contributed by atoms with van der Waals surface area (Å²) in [6, 6.07) is 5.79. The number of aromatic nitrogens is 3. The highest BCUT2D eigenvalue weighted by atomic mass is 35.5. The Morgan fingerprint density at radius 2 is 1.90 bits per heavy atom. The first-order chi connectivity index (χ1) is 13.6.